The second-order valence-electron chi connectivity index (χ2n) is 5.24. The highest BCUT2D eigenvalue weighted by molar-refractivity contribution is 9.11. The number of para-hydroxylation sites is 1. The van der Waals surface area contributed by atoms with Gasteiger partial charge in [-0.25, -0.2) is 0 Å². The Morgan fingerprint density at radius 1 is 1.21 bits per heavy atom. The van der Waals surface area contributed by atoms with Crippen LogP contribution in [0.4, 0.5) is 5.69 Å². The fourth-order valence-corrected chi connectivity index (χ4v) is 3.75. The van der Waals surface area contributed by atoms with Gasteiger partial charge in [0.2, 0.25) is 5.91 Å². The number of benzene rings is 1. The molecule has 0 saturated heterocycles. The average molecular weight is 390 g/mol. The summed E-state index contributed by atoms with van der Waals surface area (Å²) in [6.07, 6.45) is 5.76. The first-order chi connectivity index (χ1) is 9.00. The van der Waals surface area contributed by atoms with Crippen molar-refractivity contribution in [3.05, 3.63) is 27.1 Å². The third-order valence-electron chi connectivity index (χ3n) is 3.59. The van der Waals surface area contributed by atoms with Gasteiger partial charge in [-0.05, 0) is 56.8 Å². The number of nitrogens with one attached hydrogen (secondary N) is 1. The van der Waals surface area contributed by atoms with E-state index in [9.17, 15) is 4.79 Å². The molecule has 0 spiro atoms. The minimum atomic E-state index is -0.323. The van der Waals surface area contributed by atoms with Crippen LogP contribution in [0.15, 0.2) is 27.1 Å². The van der Waals surface area contributed by atoms with Crippen LogP contribution in [0, 0.1) is 0 Å². The second kappa shape index (κ2) is 6.37. The first kappa shape index (κ1) is 15.0. The summed E-state index contributed by atoms with van der Waals surface area (Å²) in [6.45, 7) is 0. The number of rotatable bonds is 3. The number of halogens is 2. The molecular formula is C14H18Br2N2O. The molecule has 2 rings (SSSR count). The van der Waals surface area contributed by atoms with E-state index in [4.69, 9.17) is 5.73 Å². The van der Waals surface area contributed by atoms with E-state index in [-0.39, 0.29) is 11.4 Å². The Bertz CT molecular complexity index is 450. The number of carbonyl (C=O) groups is 1. The van der Waals surface area contributed by atoms with Crippen LogP contribution >= 0.6 is 31.9 Å². The first-order valence-corrected chi connectivity index (χ1v) is 8.11. The van der Waals surface area contributed by atoms with Crippen molar-refractivity contribution < 1.29 is 4.79 Å². The van der Waals surface area contributed by atoms with Crippen LogP contribution in [0.3, 0.4) is 0 Å². The highest BCUT2D eigenvalue weighted by Gasteiger charge is 2.30. The minimum Gasteiger partial charge on any atom is -0.325 e. The SMILES string of the molecule is NC1(CC(=O)Nc2c(Br)cccc2Br)CCCCC1. The van der Waals surface area contributed by atoms with Crippen molar-refractivity contribution in [2.75, 3.05) is 5.32 Å². The highest BCUT2D eigenvalue weighted by Crippen LogP contribution is 2.32. The van der Waals surface area contributed by atoms with Gasteiger partial charge in [0.1, 0.15) is 0 Å². The van der Waals surface area contributed by atoms with Crippen LogP contribution in [0.5, 0.6) is 0 Å². The molecule has 0 heterocycles. The summed E-state index contributed by atoms with van der Waals surface area (Å²) < 4.78 is 1.73. The molecule has 0 aromatic heterocycles. The lowest BCUT2D eigenvalue weighted by Crippen LogP contribution is -2.44. The van der Waals surface area contributed by atoms with Crippen LogP contribution in [-0.4, -0.2) is 11.4 Å². The van der Waals surface area contributed by atoms with Gasteiger partial charge in [0.05, 0.1) is 5.69 Å². The molecule has 5 heteroatoms. The molecule has 3 nitrogen and oxygen atoms in total. The highest BCUT2D eigenvalue weighted by atomic mass is 79.9. The maximum atomic E-state index is 12.2. The topological polar surface area (TPSA) is 55.1 Å². The van der Waals surface area contributed by atoms with Crippen molar-refractivity contribution in [3.63, 3.8) is 0 Å². The molecule has 0 radical (unpaired) electrons. The van der Waals surface area contributed by atoms with Crippen molar-refractivity contribution in [2.45, 2.75) is 44.1 Å². The zero-order valence-corrected chi connectivity index (χ0v) is 13.9. The Morgan fingerprint density at radius 3 is 2.37 bits per heavy atom. The van der Waals surface area contributed by atoms with Gasteiger partial charge in [-0.15, -0.1) is 0 Å². The smallest absolute Gasteiger partial charge is 0.226 e. The van der Waals surface area contributed by atoms with Crippen molar-refractivity contribution in [3.8, 4) is 0 Å². The van der Waals surface area contributed by atoms with Crippen LogP contribution in [-0.2, 0) is 4.79 Å². The fourth-order valence-electron chi connectivity index (χ4n) is 2.55. The van der Waals surface area contributed by atoms with Gasteiger partial charge in [0.15, 0.2) is 0 Å². The van der Waals surface area contributed by atoms with Gasteiger partial charge in [-0.3, -0.25) is 4.79 Å². The zero-order chi connectivity index (χ0) is 13.9. The van der Waals surface area contributed by atoms with Crippen molar-refractivity contribution in [1.82, 2.24) is 0 Å². The number of amides is 1. The molecule has 3 N–H and O–H groups in total. The van der Waals surface area contributed by atoms with Crippen LogP contribution in [0.1, 0.15) is 38.5 Å². The quantitative estimate of drug-likeness (QED) is 0.813. The Hall–Kier alpha value is -0.390. The van der Waals surface area contributed by atoms with Gasteiger partial charge >= 0.3 is 0 Å². The van der Waals surface area contributed by atoms with E-state index < -0.39 is 0 Å². The number of anilines is 1. The zero-order valence-electron chi connectivity index (χ0n) is 10.7. The van der Waals surface area contributed by atoms with E-state index in [1.807, 2.05) is 18.2 Å². The number of carbonyl (C=O) groups excluding carboxylic acids is 1. The molecule has 19 heavy (non-hydrogen) atoms. The van der Waals surface area contributed by atoms with E-state index in [2.05, 4.69) is 37.2 Å². The normalized spacial score (nSPS) is 18.1. The van der Waals surface area contributed by atoms with E-state index in [1.165, 1.54) is 6.42 Å². The van der Waals surface area contributed by atoms with Crippen LogP contribution in [0.25, 0.3) is 0 Å². The molecule has 1 aromatic rings. The Labute approximate surface area is 130 Å². The van der Waals surface area contributed by atoms with E-state index in [1.54, 1.807) is 0 Å². The van der Waals surface area contributed by atoms with Crippen LogP contribution < -0.4 is 11.1 Å². The summed E-state index contributed by atoms with van der Waals surface area (Å²) in [4.78, 5) is 12.2. The molecule has 0 atom stereocenters. The van der Waals surface area contributed by atoms with E-state index in [0.29, 0.717) is 6.42 Å². The van der Waals surface area contributed by atoms with E-state index in [0.717, 1.165) is 40.3 Å². The van der Waals surface area contributed by atoms with Gasteiger partial charge in [-0.1, -0.05) is 25.3 Å². The number of hydrogen-bond acceptors (Lipinski definition) is 2. The van der Waals surface area contributed by atoms with Crippen molar-refractivity contribution >= 4 is 43.5 Å². The van der Waals surface area contributed by atoms with Crippen molar-refractivity contribution in [2.24, 2.45) is 5.73 Å². The number of nitrogens with two attached hydrogens (primary N) is 1. The largest absolute Gasteiger partial charge is 0.325 e. The average Bonchev–Trinajstić information content (AvgIpc) is 2.34. The fraction of sp³-hybridized carbons (Fsp3) is 0.500. The maximum absolute atomic E-state index is 12.2. The van der Waals surface area contributed by atoms with Gasteiger partial charge < -0.3 is 11.1 Å². The predicted octanol–water partition coefficient (Wildman–Crippen LogP) is 4.20. The summed E-state index contributed by atoms with van der Waals surface area (Å²) in [6, 6.07) is 5.72. The third-order valence-corrected chi connectivity index (χ3v) is 4.91. The molecular weight excluding hydrogens is 372 g/mol. The summed E-state index contributed by atoms with van der Waals surface area (Å²) in [5.74, 6) is -0.0167. The number of hydrogen-bond donors (Lipinski definition) is 2. The lowest BCUT2D eigenvalue weighted by atomic mass is 9.80. The molecule has 1 aliphatic carbocycles. The monoisotopic (exact) mass is 388 g/mol. The molecule has 104 valence electrons. The standard InChI is InChI=1S/C14H18Br2N2O/c15-10-5-4-6-11(16)13(10)18-12(19)9-14(17)7-2-1-3-8-14/h4-6H,1-3,7-9,17H2,(H,18,19). The van der Waals surface area contributed by atoms with Gasteiger partial charge in [-0.2, -0.15) is 0 Å². The summed E-state index contributed by atoms with van der Waals surface area (Å²) in [5.41, 5.74) is 6.75. The molecule has 0 aliphatic heterocycles. The molecule has 1 saturated carbocycles. The predicted molar refractivity (Wildman–Crippen MR) is 85.1 cm³/mol. The lowest BCUT2D eigenvalue weighted by Gasteiger charge is -2.32. The maximum Gasteiger partial charge on any atom is 0.226 e. The Morgan fingerprint density at radius 2 is 1.79 bits per heavy atom. The second-order valence-corrected chi connectivity index (χ2v) is 6.95. The van der Waals surface area contributed by atoms with Crippen LogP contribution in [0.2, 0.25) is 0 Å². The summed E-state index contributed by atoms with van der Waals surface area (Å²) in [5, 5.41) is 2.94. The molecule has 1 aromatic carbocycles. The van der Waals surface area contributed by atoms with Gasteiger partial charge in [0.25, 0.3) is 0 Å². The first-order valence-electron chi connectivity index (χ1n) is 6.53. The summed E-state index contributed by atoms with van der Waals surface area (Å²) >= 11 is 6.88. The van der Waals surface area contributed by atoms with Crippen molar-refractivity contribution in [1.29, 1.82) is 0 Å². The molecule has 0 unspecified atom stereocenters. The Kier molecular flexibility index (Phi) is 5.03. The molecule has 0 bridgehead atoms. The van der Waals surface area contributed by atoms with Gasteiger partial charge in [0, 0.05) is 20.9 Å². The Balaban J connectivity index is 2.01. The minimum absolute atomic E-state index is 0.0167. The molecule has 1 aliphatic rings. The lowest BCUT2D eigenvalue weighted by molar-refractivity contribution is -0.117. The molecule has 1 amide bonds. The summed E-state index contributed by atoms with van der Waals surface area (Å²) in [7, 11) is 0. The third kappa shape index (κ3) is 4.04. The molecule has 1 fully saturated rings. The van der Waals surface area contributed by atoms with E-state index >= 15 is 0 Å².